The van der Waals surface area contributed by atoms with Gasteiger partial charge < -0.3 is 24.9 Å². The van der Waals surface area contributed by atoms with E-state index >= 15 is 0 Å². The molecule has 98 heavy (non-hydrogen) atoms. The average molecular weight is 1290 g/mol. The van der Waals surface area contributed by atoms with Crippen LogP contribution < -0.4 is 15.9 Å². The van der Waals surface area contributed by atoms with Crippen molar-refractivity contribution < 1.29 is 19.2 Å². The second-order valence-corrected chi connectivity index (χ2v) is 23.5. The van der Waals surface area contributed by atoms with Crippen molar-refractivity contribution in [3.05, 3.63) is 362 Å². The monoisotopic (exact) mass is 1290 g/mol. The highest BCUT2D eigenvalue weighted by Crippen LogP contribution is 2.41. The van der Waals surface area contributed by atoms with E-state index in [4.69, 9.17) is 54.7 Å². The molecule has 0 fully saturated rings. The standard InChI is InChI=1S/C43H27N3O.C32H23ClN2O.C11H10BNO2/c1-44-39-22-20-31(21-23-39)35-9-5-10-36(25-35)40-26-38(33-14-12-32(13-15-33)37-11-6-24-45-28-37)27-41-42(40)46-43(47-41)34-18-16-30(17-19-34)29-7-3-2-4-8-29;1-35-29-16-14-25(15-17-29)26-8-5-9-27(18-26)30-19-28(33)20-31(32(30)34)36-21-22-10-12-24(13-11-22)23-6-3-2-4-7-23;14-12(15)11-5-3-9(4-6-11)10-2-1-7-13-8-10/h2-28H;2-20H,21,34H2;1-8,14-15H. The summed E-state index contributed by atoms with van der Waals surface area (Å²) in [5, 5.41) is 18.4. The van der Waals surface area contributed by atoms with Crippen molar-refractivity contribution in [1.82, 2.24) is 15.0 Å². The molecule has 10 nitrogen and oxygen atoms in total. The zero-order chi connectivity index (χ0) is 67.2. The van der Waals surface area contributed by atoms with Crippen LogP contribution in [0.25, 0.3) is 132 Å². The van der Waals surface area contributed by atoms with Gasteiger partial charge in [-0.1, -0.05) is 254 Å². The number of fused-ring (bicyclic) bond motifs is 1. The van der Waals surface area contributed by atoms with Crippen LogP contribution in [-0.2, 0) is 6.61 Å². The van der Waals surface area contributed by atoms with Gasteiger partial charge in [0.05, 0.1) is 18.8 Å². The van der Waals surface area contributed by atoms with E-state index in [1.165, 1.54) is 11.1 Å². The lowest BCUT2D eigenvalue weighted by Crippen LogP contribution is -2.29. The first-order chi connectivity index (χ1) is 48.1. The van der Waals surface area contributed by atoms with Crippen LogP contribution in [0.5, 0.6) is 5.75 Å². The molecule has 15 rings (SSSR count). The summed E-state index contributed by atoms with van der Waals surface area (Å²) in [7, 11) is -1.41. The molecule has 4 N–H and O–H groups in total. The quantitative estimate of drug-likeness (QED) is 0.0556. The van der Waals surface area contributed by atoms with Gasteiger partial charge in [0, 0.05) is 52.6 Å². The number of halogens is 1. The summed E-state index contributed by atoms with van der Waals surface area (Å²) in [5.74, 6) is 1.13. The van der Waals surface area contributed by atoms with Crippen molar-refractivity contribution in [2.75, 3.05) is 5.73 Å². The number of benzene rings is 12. The lowest BCUT2D eigenvalue weighted by molar-refractivity contribution is 0.308. The van der Waals surface area contributed by atoms with Gasteiger partial charge in [0.25, 0.3) is 0 Å². The van der Waals surface area contributed by atoms with Gasteiger partial charge >= 0.3 is 7.12 Å². The Morgan fingerprint density at radius 1 is 0.398 bits per heavy atom. The van der Waals surface area contributed by atoms with Crippen LogP contribution >= 0.6 is 11.6 Å². The summed E-state index contributed by atoms with van der Waals surface area (Å²) in [6.45, 7) is 14.8. The minimum absolute atomic E-state index is 0.381. The van der Waals surface area contributed by atoms with E-state index in [-0.39, 0.29) is 0 Å². The number of hydrogen-bond donors (Lipinski definition) is 3. The number of nitrogens with zero attached hydrogens (tertiary/aromatic N) is 5. The fraction of sp³-hybridized carbons (Fsp3) is 0.0116. The fourth-order valence-corrected chi connectivity index (χ4v) is 11.7. The minimum atomic E-state index is -1.41. The van der Waals surface area contributed by atoms with Crippen LogP contribution in [0.1, 0.15) is 5.56 Å². The van der Waals surface area contributed by atoms with Gasteiger partial charge in [0.15, 0.2) is 17.0 Å². The van der Waals surface area contributed by atoms with Gasteiger partial charge in [-0.05, 0) is 155 Å². The Labute approximate surface area is 574 Å². The van der Waals surface area contributed by atoms with Crippen molar-refractivity contribution in [3.63, 3.8) is 0 Å². The van der Waals surface area contributed by atoms with Gasteiger partial charge in [-0.2, -0.15) is 0 Å². The third kappa shape index (κ3) is 15.2. The highest BCUT2D eigenvalue weighted by molar-refractivity contribution is 6.58. The Kier molecular flexibility index (Phi) is 19.7. The zero-order valence-electron chi connectivity index (χ0n) is 52.9. The number of ether oxygens (including phenoxy) is 1. The van der Waals surface area contributed by atoms with Crippen molar-refractivity contribution in [3.8, 4) is 117 Å². The molecule has 0 spiro atoms. The Morgan fingerprint density at radius 3 is 1.30 bits per heavy atom. The number of nitrogens with two attached hydrogens (primary N) is 1. The molecule has 0 saturated heterocycles. The molecule has 0 aliphatic heterocycles. The number of rotatable bonds is 14. The fourth-order valence-electron chi connectivity index (χ4n) is 11.5. The first-order valence-electron chi connectivity index (χ1n) is 31.6. The van der Waals surface area contributed by atoms with Gasteiger partial charge in [-0.3, -0.25) is 9.97 Å². The van der Waals surface area contributed by atoms with Gasteiger partial charge in [0.1, 0.15) is 17.9 Å². The minimum Gasteiger partial charge on any atom is -0.487 e. The smallest absolute Gasteiger partial charge is 0.487 e. The highest BCUT2D eigenvalue weighted by atomic mass is 35.5. The molecule has 0 aliphatic carbocycles. The van der Waals surface area contributed by atoms with E-state index < -0.39 is 7.12 Å². The SMILES string of the molecule is OB(O)c1ccc(-c2cccnc2)cc1.[C-]#[N+]c1ccc(-c2cccc(-c3cc(-c4ccc(-c5cccnc5)cc4)cc4oc(-c5ccc(-c6ccccc6)cc5)nc34)c2)cc1.[C-]#[N+]c1ccc(-c2cccc(-c3cc(Cl)cc(OCc4ccc(-c5ccccc5)cc4)c3N)c2)cc1. The number of hydrogen-bond acceptors (Lipinski definition) is 8. The topological polar surface area (TPSA) is 136 Å². The summed E-state index contributed by atoms with van der Waals surface area (Å²) in [6.07, 6.45) is 7.15. The Bertz CT molecular complexity index is 5290. The van der Waals surface area contributed by atoms with Crippen molar-refractivity contribution in [1.29, 1.82) is 0 Å². The van der Waals surface area contributed by atoms with Gasteiger partial charge in [-0.25, -0.2) is 14.7 Å². The normalized spacial score (nSPS) is 10.7. The third-order valence-electron chi connectivity index (χ3n) is 16.7. The molecule has 0 aliphatic rings. The molecule has 0 amide bonds. The second-order valence-electron chi connectivity index (χ2n) is 23.1. The molecule has 12 aromatic carbocycles. The number of nitrogen functional groups attached to an aromatic ring is 1. The molecule has 0 radical (unpaired) electrons. The summed E-state index contributed by atoms with van der Waals surface area (Å²) in [5.41, 5.74) is 31.3. The summed E-state index contributed by atoms with van der Waals surface area (Å²) in [6, 6.07) is 100. The molecule has 15 aromatic rings. The third-order valence-corrected chi connectivity index (χ3v) is 16.9. The lowest BCUT2D eigenvalue weighted by Gasteiger charge is -2.15. The number of aromatic nitrogens is 3. The molecule has 3 heterocycles. The van der Waals surface area contributed by atoms with E-state index in [1.54, 1.807) is 36.8 Å². The molecule has 0 bridgehead atoms. The molecule has 0 saturated carbocycles. The Balaban J connectivity index is 0.000000149. The van der Waals surface area contributed by atoms with E-state index in [9.17, 15) is 0 Å². The predicted molar refractivity (Wildman–Crippen MR) is 399 cm³/mol. The molecular weight excluding hydrogens is 1230 g/mol. The zero-order valence-corrected chi connectivity index (χ0v) is 53.6. The molecule has 0 unspecified atom stereocenters. The summed E-state index contributed by atoms with van der Waals surface area (Å²) >= 11 is 6.47. The molecule has 0 atom stereocenters. The molecule has 12 heteroatoms. The van der Waals surface area contributed by atoms with Crippen LogP contribution in [0, 0.1) is 13.1 Å². The number of anilines is 1. The molecular formula is C86H60BClN6O4. The second kappa shape index (κ2) is 30.1. The average Bonchev–Trinajstić information content (AvgIpc) is 1.59. The predicted octanol–water partition coefficient (Wildman–Crippen LogP) is 21.3. The van der Waals surface area contributed by atoms with Crippen LogP contribution in [-0.4, -0.2) is 32.1 Å². The first kappa shape index (κ1) is 64.0. The Hall–Kier alpha value is -12.7. The van der Waals surface area contributed by atoms with Gasteiger partial charge in [0.2, 0.25) is 5.89 Å². The van der Waals surface area contributed by atoms with Gasteiger partial charge in [-0.15, -0.1) is 0 Å². The van der Waals surface area contributed by atoms with E-state index in [0.29, 0.717) is 45.8 Å². The molecule has 468 valence electrons. The largest absolute Gasteiger partial charge is 0.488 e. The van der Waals surface area contributed by atoms with E-state index in [1.807, 2.05) is 146 Å². The van der Waals surface area contributed by atoms with Crippen LogP contribution in [0.3, 0.4) is 0 Å². The summed E-state index contributed by atoms with van der Waals surface area (Å²) < 4.78 is 12.6. The number of oxazole rings is 1. The first-order valence-corrected chi connectivity index (χ1v) is 32.0. The van der Waals surface area contributed by atoms with E-state index in [2.05, 4.69) is 165 Å². The van der Waals surface area contributed by atoms with Crippen molar-refractivity contribution in [2.24, 2.45) is 0 Å². The van der Waals surface area contributed by atoms with Crippen molar-refractivity contribution >= 4 is 52.3 Å². The Morgan fingerprint density at radius 2 is 0.806 bits per heavy atom. The van der Waals surface area contributed by atoms with Crippen LogP contribution in [0.2, 0.25) is 5.02 Å². The van der Waals surface area contributed by atoms with Crippen LogP contribution in [0.15, 0.2) is 333 Å². The highest BCUT2D eigenvalue weighted by Gasteiger charge is 2.19. The van der Waals surface area contributed by atoms with Crippen LogP contribution in [0.4, 0.5) is 17.1 Å². The summed E-state index contributed by atoms with van der Waals surface area (Å²) in [4.78, 5) is 20.4. The maximum absolute atomic E-state index is 8.93. The number of pyridine rings is 2. The van der Waals surface area contributed by atoms with Crippen molar-refractivity contribution in [2.45, 2.75) is 6.61 Å². The molecule has 3 aromatic heterocycles. The maximum atomic E-state index is 8.93. The maximum Gasteiger partial charge on any atom is 0.488 e. The van der Waals surface area contributed by atoms with E-state index in [0.717, 1.165) is 111 Å². The lowest BCUT2D eigenvalue weighted by atomic mass is 9.80.